The minimum Gasteiger partial charge on any atom is -0.493 e. The van der Waals surface area contributed by atoms with Crippen molar-refractivity contribution < 1.29 is 31.9 Å². The molecule has 11 heteroatoms. The number of anilines is 1. The third-order valence-corrected chi connectivity index (χ3v) is 8.25. The van der Waals surface area contributed by atoms with Crippen LogP contribution < -0.4 is 19.1 Å². The molecule has 3 aromatic rings. The Morgan fingerprint density at radius 3 is 2.17 bits per heavy atom. The quantitative estimate of drug-likeness (QED) is 0.301. The van der Waals surface area contributed by atoms with Crippen molar-refractivity contribution in [1.29, 1.82) is 0 Å². The van der Waals surface area contributed by atoms with Gasteiger partial charge in [-0.3, -0.25) is 13.9 Å². The molecule has 0 unspecified atom stereocenters. The molecule has 3 rings (SSSR count). The number of nitrogens with one attached hydrogen (secondary N) is 1. The largest absolute Gasteiger partial charge is 0.493 e. The average molecular weight is 586 g/mol. The molecule has 9 nitrogen and oxygen atoms in total. The minimum absolute atomic E-state index is 0.0135. The number of carbonyl (C=O) groups excluding carboxylic acids is 2. The number of hydrogen-bond donors (Lipinski definition) is 1. The Hall–Kier alpha value is -4.12. The number of hydrogen-bond acceptors (Lipinski definition) is 6. The summed E-state index contributed by atoms with van der Waals surface area (Å²) >= 11 is 0. The SMILES string of the molecule is CCCNC(=O)[C@@H](CC)N(Cc1ccc(F)cc1)C(=O)CN(c1ccc(OC)c(OC)c1)S(=O)(=O)c1ccccc1. The first kappa shape index (κ1) is 31.4. The van der Waals surface area contributed by atoms with Crippen molar-refractivity contribution in [2.24, 2.45) is 0 Å². The van der Waals surface area contributed by atoms with Crippen LogP contribution in [0.3, 0.4) is 0 Å². The number of nitrogens with zero attached hydrogens (tertiary/aromatic N) is 2. The second-order valence-electron chi connectivity index (χ2n) is 9.23. The first-order valence-electron chi connectivity index (χ1n) is 13.3. The summed E-state index contributed by atoms with van der Waals surface area (Å²) in [6, 6.07) is 17.0. The molecule has 220 valence electrons. The van der Waals surface area contributed by atoms with Gasteiger partial charge in [0.1, 0.15) is 18.4 Å². The number of carbonyl (C=O) groups is 2. The fraction of sp³-hybridized carbons (Fsp3) is 0.333. The van der Waals surface area contributed by atoms with E-state index in [1.54, 1.807) is 31.2 Å². The third-order valence-electron chi connectivity index (χ3n) is 6.47. The molecule has 0 saturated heterocycles. The second-order valence-corrected chi connectivity index (χ2v) is 11.1. The molecule has 0 heterocycles. The Balaban J connectivity index is 2.09. The van der Waals surface area contributed by atoms with E-state index in [2.05, 4.69) is 5.32 Å². The van der Waals surface area contributed by atoms with Crippen LogP contribution in [0.5, 0.6) is 11.5 Å². The minimum atomic E-state index is -4.23. The summed E-state index contributed by atoms with van der Waals surface area (Å²) in [5.41, 5.74) is 0.759. The van der Waals surface area contributed by atoms with Gasteiger partial charge in [-0.15, -0.1) is 0 Å². The van der Waals surface area contributed by atoms with Crippen molar-refractivity contribution in [3.05, 3.63) is 84.2 Å². The zero-order valence-corrected chi connectivity index (χ0v) is 24.5. The van der Waals surface area contributed by atoms with E-state index in [4.69, 9.17) is 9.47 Å². The van der Waals surface area contributed by atoms with E-state index >= 15 is 0 Å². The maximum Gasteiger partial charge on any atom is 0.264 e. The molecule has 2 amide bonds. The van der Waals surface area contributed by atoms with Crippen LogP contribution in [0.25, 0.3) is 0 Å². The van der Waals surface area contributed by atoms with Gasteiger partial charge in [-0.2, -0.15) is 0 Å². The number of methoxy groups -OCH3 is 2. The lowest BCUT2D eigenvalue weighted by Crippen LogP contribution is -2.52. The van der Waals surface area contributed by atoms with Gasteiger partial charge in [0.05, 0.1) is 24.8 Å². The van der Waals surface area contributed by atoms with Gasteiger partial charge in [-0.25, -0.2) is 12.8 Å². The summed E-state index contributed by atoms with van der Waals surface area (Å²) in [5.74, 6) is -0.737. The lowest BCUT2D eigenvalue weighted by atomic mass is 10.1. The number of sulfonamides is 1. The molecule has 0 saturated carbocycles. The van der Waals surface area contributed by atoms with Gasteiger partial charge in [0, 0.05) is 19.2 Å². The molecule has 0 bridgehead atoms. The number of rotatable bonds is 14. The molecule has 0 aliphatic rings. The summed E-state index contributed by atoms with van der Waals surface area (Å²) in [6.07, 6.45) is 0.987. The van der Waals surface area contributed by atoms with E-state index in [-0.39, 0.29) is 35.2 Å². The summed E-state index contributed by atoms with van der Waals surface area (Å²) < 4.78 is 53.1. The Bertz CT molecular complexity index is 1420. The predicted molar refractivity (Wildman–Crippen MR) is 155 cm³/mol. The van der Waals surface area contributed by atoms with Gasteiger partial charge in [0.15, 0.2) is 11.5 Å². The maximum atomic E-state index is 14.0. The van der Waals surface area contributed by atoms with E-state index in [9.17, 15) is 22.4 Å². The van der Waals surface area contributed by atoms with Crippen molar-refractivity contribution in [1.82, 2.24) is 10.2 Å². The molecule has 0 fully saturated rings. The van der Waals surface area contributed by atoms with Crippen molar-refractivity contribution in [3.63, 3.8) is 0 Å². The van der Waals surface area contributed by atoms with E-state index in [0.717, 1.165) is 4.31 Å². The second kappa shape index (κ2) is 14.5. The van der Waals surface area contributed by atoms with Gasteiger partial charge in [-0.05, 0) is 54.8 Å². The third kappa shape index (κ3) is 7.75. The van der Waals surface area contributed by atoms with Gasteiger partial charge >= 0.3 is 0 Å². The van der Waals surface area contributed by atoms with Crippen LogP contribution in [0.15, 0.2) is 77.7 Å². The topological polar surface area (TPSA) is 105 Å². The van der Waals surface area contributed by atoms with Gasteiger partial charge in [-0.1, -0.05) is 44.2 Å². The highest BCUT2D eigenvalue weighted by molar-refractivity contribution is 7.92. The summed E-state index contributed by atoms with van der Waals surface area (Å²) in [6.45, 7) is 3.48. The van der Waals surface area contributed by atoms with Crippen molar-refractivity contribution in [3.8, 4) is 11.5 Å². The van der Waals surface area contributed by atoms with E-state index in [0.29, 0.717) is 24.3 Å². The highest BCUT2D eigenvalue weighted by atomic mass is 32.2. The van der Waals surface area contributed by atoms with Crippen LogP contribution in [-0.4, -0.2) is 58.5 Å². The first-order valence-corrected chi connectivity index (χ1v) is 14.7. The van der Waals surface area contributed by atoms with Crippen LogP contribution in [0.2, 0.25) is 0 Å². The fourth-order valence-electron chi connectivity index (χ4n) is 4.30. The molecular formula is C30H36FN3O6S. The number of benzene rings is 3. The maximum absolute atomic E-state index is 14.0. The van der Waals surface area contributed by atoms with Gasteiger partial charge < -0.3 is 19.7 Å². The van der Waals surface area contributed by atoms with E-state index in [1.165, 1.54) is 67.7 Å². The molecule has 1 atom stereocenters. The Morgan fingerprint density at radius 2 is 1.59 bits per heavy atom. The van der Waals surface area contributed by atoms with Crippen LogP contribution >= 0.6 is 0 Å². The Kier molecular flexibility index (Phi) is 11.1. The lowest BCUT2D eigenvalue weighted by molar-refractivity contribution is -0.140. The van der Waals surface area contributed by atoms with Gasteiger partial charge in [0.25, 0.3) is 10.0 Å². The fourth-order valence-corrected chi connectivity index (χ4v) is 5.73. The normalized spacial score (nSPS) is 11.8. The molecule has 41 heavy (non-hydrogen) atoms. The van der Waals surface area contributed by atoms with Crippen molar-refractivity contribution >= 4 is 27.5 Å². The van der Waals surface area contributed by atoms with Crippen LogP contribution in [0.4, 0.5) is 10.1 Å². The Morgan fingerprint density at radius 1 is 0.927 bits per heavy atom. The molecule has 3 aromatic carbocycles. The smallest absolute Gasteiger partial charge is 0.264 e. The van der Waals surface area contributed by atoms with Crippen LogP contribution in [0, 0.1) is 5.82 Å². The molecule has 0 aliphatic carbocycles. The first-order chi connectivity index (χ1) is 19.7. The van der Waals surface area contributed by atoms with Crippen LogP contribution in [-0.2, 0) is 26.2 Å². The summed E-state index contributed by atoms with van der Waals surface area (Å²) in [7, 11) is -1.35. The van der Waals surface area contributed by atoms with E-state index < -0.39 is 34.3 Å². The summed E-state index contributed by atoms with van der Waals surface area (Å²) in [5, 5.41) is 2.83. The van der Waals surface area contributed by atoms with Crippen molar-refractivity contribution in [2.75, 3.05) is 31.6 Å². The van der Waals surface area contributed by atoms with Gasteiger partial charge in [0.2, 0.25) is 11.8 Å². The number of ether oxygens (including phenoxy) is 2. The molecule has 1 N–H and O–H groups in total. The standard InChI is InChI=1S/C30H36FN3O6S/c1-5-18-32-30(36)26(6-2)33(20-22-12-14-23(31)15-13-22)29(35)21-34(41(37,38)25-10-8-7-9-11-25)24-16-17-27(39-3)28(19-24)40-4/h7-17,19,26H,5-6,18,20-21H2,1-4H3,(H,32,36)/t26-/m1/s1. The molecule has 0 aromatic heterocycles. The van der Waals surface area contributed by atoms with Crippen LogP contribution in [0.1, 0.15) is 32.3 Å². The lowest BCUT2D eigenvalue weighted by Gasteiger charge is -2.33. The summed E-state index contributed by atoms with van der Waals surface area (Å²) in [4.78, 5) is 28.5. The zero-order chi connectivity index (χ0) is 30.0. The van der Waals surface area contributed by atoms with E-state index in [1.807, 2.05) is 6.92 Å². The molecule has 0 spiro atoms. The highest BCUT2D eigenvalue weighted by Crippen LogP contribution is 2.34. The highest BCUT2D eigenvalue weighted by Gasteiger charge is 2.34. The molecule has 0 aliphatic heterocycles. The number of halogens is 1. The predicted octanol–water partition coefficient (Wildman–Crippen LogP) is 4.37. The molecular weight excluding hydrogens is 549 g/mol. The Labute approximate surface area is 240 Å². The number of amides is 2. The average Bonchev–Trinajstić information content (AvgIpc) is 2.99. The zero-order valence-electron chi connectivity index (χ0n) is 23.7. The monoisotopic (exact) mass is 585 g/mol. The molecule has 0 radical (unpaired) electrons. The van der Waals surface area contributed by atoms with Crippen molar-refractivity contribution in [2.45, 2.75) is 44.2 Å².